The Hall–Kier alpha value is -1.47. The lowest BCUT2D eigenvalue weighted by Crippen LogP contribution is -2.46. The molecule has 0 N–H and O–H groups in total. The van der Waals surface area contributed by atoms with Crippen molar-refractivity contribution < 1.29 is 14.1 Å². The summed E-state index contributed by atoms with van der Waals surface area (Å²) in [6, 6.07) is 0. The minimum absolute atomic E-state index is 0.150. The van der Waals surface area contributed by atoms with Crippen LogP contribution in [0.3, 0.4) is 0 Å². The molecule has 0 aromatic carbocycles. The van der Waals surface area contributed by atoms with Crippen LogP contribution in [0.15, 0.2) is 10.9 Å². The molecule has 1 aromatic heterocycles. The summed E-state index contributed by atoms with van der Waals surface area (Å²) in [6.07, 6.45) is 1.88. The molecule has 0 radical (unpaired) electrons. The van der Waals surface area contributed by atoms with Gasteiger partial charge in [-0.3, -0.25) is 9.69 Å². The molecule has 0 unspecified atom stereocenters. The smallest absolute Gasteiger partial charge is 0.306 e. The summed E-state index contributed by atoms with van der Waals surface area (Å²) in [4.78, 5) is 19.6. The SMILES string of the molecule is COC(=O)CCN1CCN(Cc2ncno2)CC1. The Balaban J connectivity index is 1.66. The third kappa shape index (κ3) is 3.78. The van der Waals surface area contributed by atoms with Crippen molar-refractivity contribution in [1.29, 1.82) is 0 Å². The molecule has 0 bridgehead atoms. The predicted octanol–water partition coefficient (Wildman–Crippen LogP) is -0.250. The second kappa shape index (κ2) is 6.46. The molecule has 7 heteroatoms. The van der Waals surface area contributed by atoms with Crippen molar-refractivity contribution in [2.45, 2.75) is 13.0 Å². The third-order valence-corrected chi connectivity index (χ3v) is 3.09. The number of aromatic nitrogens is 2. The number of rotatable bonds is 5. The fraction of sp³-hybridized carbons (Fsp3) is 0.727. The van der Waals surface area contributed by atoms with E-state index in [1.165, 1.54) is 13.4 Å². The van der Waals surface area contributed by atoms with Crippen molar-refractivity contribution >= 4 is 5.97 Å². The molecule has 0 atom stereocenters. The van der Waals surface area contributed by atoms with Crippen molar-refractivity contribution in [3.05, 3.63) is 12.2 Å². The molecule has 0 aliphatic carbocycles. The standard InChI is InChI=1S/C11H18N4O3/c1-17-11(16)2-3-14-4-6-15(7-5-14)8-10-12-9-13-18-10/h9H,2-8H2,1H3. The first-order chi connectivity index (χ1) is 8.78. The molecule has 0 spiro atoms. The van der Waals surface area contributed by atoms with E-state index in [1.54, 1.807) is 0 Å². The molecule has 100 valence electrons. The highest BCUT2D eigenvalue weighted by Gasteiger charge is 2.18. The van der Waals surface area contributed by atoms with E-state index < -0.39 is 0 Å². The Kier molecular flexibility index (Phi) is 4.66. The minimum atomic E-state index is -0.150. The van der Waals surface area contributed by atoms with E-state index in [4.69, 9.17) is 4.52 Å². The summed E-state index contributed by atoms with van der Waals surface area (Å²) in [5.74, 6) is 0.501. The van der Waals surface area contributed by atoms with Crippen molar-refractivity contribution in [3.63, 3.8) is 0 Å². The summed E-state index contributed by atoms with van der Waals surface area (Å²) >= 11 is 0. The molecular weight excluding hydrogens is 236 g/mol. The lowest BCUT2D eigenvalue weighted by Gasteiger charge is -2.33. The average molecular weight is 254 g/mol. The Morgan fingerprint density at radius 3 is 2.72 bits per heavy atom. The first-order valence-corrected chi connectivity index (χ1v) is 6.05. The predicted molar refractivity (Wildman–Crippen MR) is 62.6 cm³/mol. The van der Waals surface area contributed by atoms with Crippen LogP contribution in [-0.2, 0) is 16.1 Å². The lowest BCUT2D eigenvalue weighted by molar-refractivity contribution is -0.141. The van der Waals surface area contributed by atoms with Crippen LogP contribution in [0, 0.1) is 0 Å². The van der Waals surface area contributed by atoms with Crippen LogP contribution in [0.25, 0.3) is 0 Å². The molecule has 0 saturated carbocycles. The van der Waals surface area contributed by atoms with E-state index in [1.807, 2.05) is 0 Å². The van der Waals surface area contributed by atoms with Crippen LogP contribution < -0.4 is 0 Å². The summed E-state index contributed by atoms with van der Waals surface area (Å²) in [7, 11) is 1.42. The van der Waals surface area contributed by atoms with Gasteiger partial charge < -0.3 is 14.2 Å². The van der Waals surface area contributed by atoms with E-state index >= 15 is 0 Å². The highest BCUT2D eigenvalue weighted by atomic mass is 16.5. The average Bonchev–Trinajstić information content (AvgIpc) is 2.90. The Bertz CT molecular complexity index is 360. The molecule has 1 aliphatic rings. The van der Waals surface area contributed by atoms with E-state index in [-0.39, 0.29) is 5.97 Å². The van der Waals surface area contributed by atoms with Gasteiger partial charge in [-0.1, -0.05) is 5.16 Å². The van der Waals surface area contributed by atoms with Crippen LogP contribution in [0.4, 0.5) is 0 Å². The third-order valence-electron chi connectivity index (χ3n) is 3.09. The van der Waals surface area contributed by atoms with Crippen LogP contribution in [0.2, 0.25) is 0 Å². The number of hydrogen-bond donors (Lipinski definition) is 0. The molecule has 18 heavy (non-hydrogen) atoms. The first kappa shape index (κ1) is 13.0. The molecule has 2 rings (SSSR count). The van der Waals surface area contributed by atoms with Gasteiger partial charge in [-0.05, 0) is 0 Å². The fourth-order valence-electron chi connectivity index (χ4n) is 1.98. The molecule has 2 heterocycles. The Morgan fingerprint density at radius 2 is 2.11 bits per heavy atom. The molecule has 7 nitrogen and oxygen atoms in total. The summed E-state index contributed by atoms with van der Waals surface area (Å²) in [6.45, 7) is 5.26. The highest BCUT2D eigenvalue weighted by molar-refractivity contribution is 5.69. The fourth-order valence-corrected chi connectivity index (χ4v) is 1.98. The van der Waals surface area contributed by atoms with Crippen molar-refractivity contribution in [2.24, 2.45) is 0 Å². The van der Waals surface area contributed by atoms with E-state index in [0.29, 0.717) is 18.9 Å². The second-order valence-corrected chi connectivity index (χ2v) is 4.28. The van der Waals surface area contributed by atoms with Crippen molar-refractivity contribution in [3.8, 4) is 0 Å². The maximum atomic E-state index is 11.0. The zero-order chi connectivity index (χ0) is 12.8. The zero-order valence-corrected chi connectivity index (χ0v) is 10.5. The molecule has 1 fully saturated rings. The van der Waals surface area contributed by atoms with Gasteiger partial charge in [0.2, 0.25) is 5.89 Å². The summed E-state index contributed by atoms with van der Waals surface area (Å²) in [5.41, 5.74) is 0. The highest BCUT2D eigenvalue weighted by Crippen LogP contribution is 2.06. The van der Waals surface area contributed by atoms with Gasteiger partial charge in [0.25, 0.3) is 0 Å². The van der Waals surface area contributed by atoms with Gasteiger partial charge in [0.15, 0.2) is 6.33 Å². The molecule has 1 aromatic rings. The van der Waals surface area contributed by atoms with E-state index in [0.717, 1.165) is 32.7 Å². The van der Waals surface area contributed by atoms with Gasteiger partial charge in [0, 0.05) is 32.7 Å². The normalized spacial score (nSPS) is 17.8. The number of carbonyl (C=O) groups excluding carboxylic acids is 1. The van der Waals surface area contributed by atoms with Crippen LogP contribution in [0.1, 0.15) is 12.3 Å². The maximum Gasteiger partial charge on any atom is 0.306 e. The Morgan fingerprint density at radius 1 is 1.39 bits per heavy atom. The summed E-state index contributed by atoms with van der Waals surface area (Å²) < 4.78 is 9.61. The van der Waals surface area contributed by atoms with E-state index in [9.17, 15) is 4.79 Å². The van der Waals surface area contributed by atoms with Crippen molar-refractivity contribution in [2.75, 3.05) is 39.8 Å². The minimum Gasteiger partial charge on any atom is -0.469 e. The number of methoxy groups -OCH3 is 1. The summed E-state index contributed by atoms with van der Waals surface area (Å²) in [5, 5.41) is 3.59. The molecule has 1 aliphatic heterocycles. The van der Waals surface area contributed by atoms with E-state index in [2.05, 4.69) is 24.7 Å². The molecular formula is C11H18N4O3. The van der Waals surface area contributed by atoms with Gasteiger partial charge >= 0.3 is 5.97 Å². The topological polar surface area (TPSA) is 71.7 Å². The number of nitrogens with zero attached hydrogens (tertiary/aromatic N) is 4. The number of hydrogen-bond acceptors (Lipinski definition) is 7. The monoisotopic (exact) mass is 254 g/mol. The maximum absolute atomic E-state index is 11.0. The number of piperazine rings is 1. The molecule has 0 amide bonds. The number of ether oxygens (including phenoxy) is 1. The van der Waals surface area contributed by atoms with Gasteiger partial charge in [0.05, 0.1) is 20.1 Å². The van der Waals surface area contributed by atoms with Gasteiger partial charge in [-0.2, -0.15) is 4.98 Å². The quantitative estimate of drug-likeness (QED) is 0.671. The van der Waals surface area contributed by atoms with Gasteiger partial charge in [-0.25, -0.2) is 0 Å². The largest absolute Gasteiger partial charge is 0.469 e. The number of carbonyl (C=O) groups is 1. The first-order valence-electron chi connectivity index (χ1n) is 6.05. The second-order valence-electron chi connectivity index (χ2n) is 4.28. The van der Waals surface area contributed by atoms with Crippen LogP contribution in [-0.4, -0.2) is 65.7 Å². The number of esters is 1. The molecule has 1 saturated heterocycles. The zero-order valence-electron chi connectivity index (χ0n) is 10.5. The van der Waals surface area contributed by atoms with Gasteiger partial charge in [0.1, 0.15) is 0 Å². The van der Waals surface area contributed by atoms with Crippen molar-refractivity contribution in [1.82, 2.24) is 19.9 Å². The lowest BCUT2D eigenvalue weighted by atomic mass is 10.3. The van der Waals surface area contributed by atoms with Gasteiger partial charge in [-0.15, -0.1) is 0 Å². The van der Waals surface area contributed by atoms with Crippen LogP contribution >= 0.6 is 0 Å². The van der Waals surface area contributed by atoms with Crippen LogP contribution in [0.5, 0.6) is 0 Å². The Labute approximate surface area is 106 Å².